The Morgan fingerprint density at radius 3 is 2.65 bits per heavy atom. The molecule has 2 aromatic heterocycles. The van der Waals surface area contributed by atoms with Gasteiger partial charge in [0.1, 0.15) is 5.82 Å². The van der Waals surface area contributed by atoms with Crippen LogP contribution in [0.5, 0.6) is 0 Å². The van der Waals surface area contributed by atoms with E-state index in [0.29, 0.717) is 5.75 Å². The maximum absolute atomic E-state index is 11.9. The Balaban J connectivity index is 1.76. The van der Waals surface area contributed by atoms with Crippen molar-refractivity contribution in [2.45, 2.75) is 24.5 Å². The largest absolute Gasteiger partial charge is 0.348 e. The number of carbonyl (C=O) groups excluding carboxylic acids is 1. The van der Waals surface area contributed by atoms with Crippen LogP contribution in [0.1, 0.15) is 16.3 Å². The summed E-state index contributed by atoms with van der Waals surface area (Å²) in [4.78, 5) is 14.8. The van der Waals surface area contributed by atoms with Gasteiger partial charge in [-0.2, -0.15) is 0 Å². The second kappa shape index (κ2) is 9.00. The van der Waals surface area contributed by atoms with Crippen LogP contribution in [-0.2, 0) is 24.2 Å². The maximum atomic E-state index is 11.9. The van der Waals surface area contributed by atoms with Crippen molar-refractivity contribution in [1.29, 1.82) is 0 Å². The van der Waals surface area contributed by atoms with Crippen LogP contribution in [0.4, 0.5) is 0 Å². The molecule has 0 N–H and O–H groups in total. The molecule has 2 heterocycles. The quantitative estimate of drug-likeness (QED) is 0.557. The molecule has 1 amide bonds. The average Bonchev–Trinajstić information content (AvgIpc) is 3.29. The van der Waals surface area contributed by atoms with E-state index in [-0.39, 0.29) is 5.91 Å². The number of nitrogens with zero attached hydrogens (tertiary/aromatic N) is 4. The molecule has 0 atom stereocenters. The van der Waals surface area contributed by atoms with Gasteiger partial charge in [0.2, 0.25) is 5.91 Å². The minimum absolute atomic E-state index is 0.0763. The lowest BCUT2D eigenvalue weighted by Gasteiger charge is -2.12. The summed E-state index contributed by atoms with van der Waals surface area (Å²) >= 11 is 3.18. The molecule has 0 unspecified atom stereocenters. The van der Waals surface area contributed by atoms with Crippen molar-refractivity contribution in [3.8, 4) is 0 Å². The minimum atomic E-state index is 0.0763. The highest BCUT2D eigenvalue weighted by Crippen LogP contribution is 2.21. The molecular weight excluding hydrogens is 364 g/mol. The van der Waals surface area contributed by atoms with Gasteiger partial charge in [-0.1, -0.05) is 48.2 Å². The van der Waals surface area contributed by atoms with E-state index < -0.39 is 0 Å². The predicted octanol–water partition coefficient (Wildman–Crippen LogP) is 3.35. The van der Waals surface area contributed by atoms with Gasteiger partial charge in [0, 0.05) is 31.9 Å². The van der Waals surface area contributed by atoms with E-state index >= 15 is 0 Å². The fourth-order valence-electron chi connectivity index (χ4n) is 2.49. The third-order valence-corrected chi connectivity index (χ3v) is 5.82. The van der Waals surface area contributed by atoms with Crippen molar-refractivity contribution in [2.75, 3.05) is 19.8 Å². The van der Waals surface area contributed by atoms with Crippen LogP contribution >= 0.6 is 23.1 Å². The molecule has 0 aliphatic carbocycles. The number of hydrogen-bond acceptors (Lipinski definition) is 5. The van der Waals surface area contributed by atoms with E-state index in [2.05, 4.69) is 56.5 Å². The van der Waals surface area contributed by atoms with Gasteiger partial charge in [-0.15, -0.1) is 21.5 Å². The second-order valence-corrected chi connectivity index (χ2v) is 8.09. The number of benzene rings is 1. The molecule has 0 spiro atoms. The number of thiophene rings is 1. The molecule has 3 rings (SSSR count). The summed E-state index contributed by atoms with van der Waals surface area (Å²) in [6.07, 6.45) is 1.67. The van der Waals surface area contributed by atoms with Gasteiger partial charge in [0.25, 0.3) is 0 Å². The van der Waals surface area contributed by atoms with Crippen LogP contribution in [-0.4, -0.2) is 45.4 Å². The number of aryl methyl sites for hydroxylation is 1. The second-order valence-electron chi connectivity index (χ2n) is 6.12. The van der Waals surface area contributed by atoms with Crippen LogP contribution < -0.4 is 0 Å². The highest BCUT2D eigenvalue weighted by atomic mass is 32.2. The topological polar surface area (TPSA) is 51.0 Å². The molecule has 26 heavy (non-hydrogen) atoms. The summed E-state index contributed by atoms with van der Waals surface area (Å²) in [5.41, 5.74) is 1.28. The van der Waals surface area contributed by atoms with E-state index in [0.717, 1.165) is 30.4 Å². The lowest BCUT2D eigenvalue weighted by molar-refractivity contribution is -0.125. The maximum Gasteiger partial charge on any atom is 0.232 e. The van der Waals surface area contributed by atoms with Crippen LogP contribution in [0.25, 0.3) is 0 Å². The van der Waals surface area contributed by atoms with Crippen LogP contribution in [0.3, 0.4) is 0 Å². The monoisotopic (exact) mass is 386 g/mol. The van der Waals surface area contributed by atoms with Crippen molar-refractivity contribution < 1.29 is 4.79 Å². The van der Waals surface area contributed by atoms with Crippen molar-refractivity contribution in [2.24, 2.45) is 0 Å². The van der Waals surface area contributed by atoms with Crippen molar-refractivity contribution in [3.05, 3.63) is 64.1 Å². The first kappa shape index (κ1) is 18.7. The highest BCUT2D eigenvalue weighted by Gasteiger charge is 2.15. The summed E-state index contributed by atoms with van der Waals surface area (Å²) in [6.45, 7) is 0.802. The van der Waals surface area contributed by atoms with Gasteiger partial charge in [-0.3, -0.25) is 4.79 Å². The molecule has 3 aromatic rings. The number of rotatable bonds is 8. The molecule has 7 heteroatoms. The number of aromatic nitrogens is 3. The van der Waals surface area contributed by atoms with Crippen LogP contribution in [0.2, 0.25) is 0 Å². The first-order valence-corrected chi connectivity index (χ1v) is 10.3. The molecular formula is C19H22N4OS2. The van der Waals surface area contributed by atoms with E-state index in [1.165, 1.54) is 22.2 Å². The molecule has 0 radical (unpaired) electrons. The molecule has 0 bridgehead atoms. The molecule has 0 aliphatic rings. The third kappa shape index (κ3) is 4.95. The molecule has 5 nitrogen and oxygen atoms in total. The molecule has 136 valence electrons. The van der Waals surface area contributed by atoms with Crippen molar-refractivity contribution in [3.63, 3.8) is 0 Å². The fraction of sp³-hybridized carbons (Fsp3) is 0.316. The Labute approximate surface area is 162 Å². The predicted molar refractivity (Wildman–Crippen MR) is 107 cm³/mol. The van der Waals surface area contributed by atoms with E-state index in [9.17, 15) is 4.79 Å². The van der Waals surface area contributed by atoms with Gasteiger partial charge in [-0.05, 0) is 23.4 Å². The Morgan fingerprint density at radius 2 is 1.96 bits per heavy atom. The SMILES string of the molecule is CN(C)C(=O)CSc1nnc(Cc2cccs2)n1CCc1ccccc1. The Morgan fingerprint density at radius 1 is 1.15 bits per heavy atom. The van der Waals surface area contributed by atoms with E-state index in [4.69, 9.17) is 0 Å². The molecule has 1 aromatic carbocycles. The molecule has 0 fully saturated rings. The fourth-order valence-corrected chi connectivity index (χ4v) is 4.15. The lowest BCUT2D eigenvalue weighted by Crippen LogP contribution is -2.23. The zero-order valence-electron chi connectivity index (χ0n) is 15.0. The molecule has 0 saturated heterocycles. The summed E-state index contributed by atoms with van der Waals surface area (Å²) < 4.78 is 2.15. The van der Waals surface area contributed by atoms with Crippen LogP contribution in [0, 0.1) is 0 Å². The first-order chi connectivity index (χ1) is 12.6. The van der Waals surface area contributed by atoms with Crippen molar-refractivity contribution >= 4 is 29.0 Å². The average molecular weight is 387 g/mol. The number of carbonyl (C=O) groups is 1. The Kier molecular flexibility index (Phi) is 6.46. The third-order valence-electron chi connectivity index (χ3n) is 4.00. The van der Waals surface area contributed by atoms with Gasteiger partial charge < -0.3 is 9.47 Å². The first-order valence-electron chi connectivity index (χ1n) is 8.45. The van der Waals surface area contributed by atoms with Gasteiger partial charge in [0.05, 0.1) is 5.75 Å². The summed E-state index contributed by atoms with van der Waals surface area (Å²) in [5.74, 6) is 1.39. The smallest absolute Gasteiger partial charge is 0.232 e. The highest BCUT2D eigenvalue weighted by molar-refractivity contribution is 7.99. The van der Waals surface area contributed by atoms with Crippen molar-refractivity contribution in [1.82, 2.24) is 19.7 Å². The number of hydrogen-bond donors (Lipinski definition) is 0. The number of thioether (sulfide) groups is 1. The van der Waals surface area contributed by atoms with Gasteiger partial charge >= 0.3 is 0 Å². The Bertz CT molecular complexity index is 829. The standard InChI is InChI=1S/C19H22N4OS2/c1-22(2)18(24)14-26-19-21-20-17(13-16-9-6-12-25-16)23(19)11-10-15-7-4-3-5-8-15/h3-9,12H,10-11,13-14H2,1-2H3. The Hall–Kier alpha value is -2.12. The van der Waals surface area contributed by atoms with E-state index in [1.807, 2.05) is 6.07 Å². The summed E-state index contributed by atoms with van der Waals surface area (Å²) in [6, 6.07) is 14.6. The molecule has 0 saturated carbocycles. The minimum Gasteiger partial charge on any atom is -0.348 e. The lowest BCUT2D eigenvalue weighted by atomic mass is 10.1. The number of amides is 1. The molecule has 0 aliphatic heterocycles. The van der Waals surface area contributed by atoms with Gasteiger partial charge in [0.15, 0.2) is 5.16 Å². The zero-order chi connectivity index (χ0) is 18.4. The summed E-state index contributed by atoms with van der Waals surface area (Å²) in [5, 5.41) is 11.6. The van der Waals surface area contributed by atoms with Crippen LogP contribution in [0.15, 0.2) is 53.0 Å². The normalized spacial score (nSPS) is 10.8. The zero-order valence-corrected chi connectivity index (χ0v) is 16.6. The van der Waals surface area contributed by atoms with E-state index in [1.54, 1.807) is 30.3 Å². The van der Waals surface area contributed by atoms with Gasteiger partial charge in [-0.25, -0.2) is 0 Å². The summed E-state index contributed by atoms with van der Waals surface area (Å²) in [7, 11) is 3.54.